The van der Waals surface area contributed by atoms with Gasteiger partial charge < -0.3 is 15.8 Å². The van der Waals surface area contributed by atoms with E-state index in [1.807, 2.05) is 26.0 Å². The van der Waals surface area contributed by atoms with E-state index in [4.69, 9.17) is 10.5 Å². The Kier molecular flexibility index (Phi) is 5.62. The topological polar surface area (TPSA) is 64.3 Å². The zero-order valence-electron chi connectivity index (χ0n) is 10.9. The van der Waals surface area contributed by atoms with Gasteiger partial charge in [0.2, 0.25) is 0 Å². The summed E-state index contributed by atoms with van der Waals surface area (Å²) in [4.78, 5) is 11.1. The monoisotopic (exact) mass is 314 g/mol. The number of rotatable bonds is 6. The minimum Gasteiger partial charge on any atom is -0.480 e. The Bertz CT molecular complexity index is 435. The molecule has 0 fully saturated rings. The highest BCUT2D eigenvalue weighted by Crippen LogP contribution is 2.28. The fourth-order valence-electron chi connectivity index (χ4n) is 1.59. The van der Waals surface area contributed by atoms with E-state index in [-0.39, 0.29) is 0 Å². The third-order valence-electron chi connectivity index (χ3n) is 2.58. The van der Waals surface area contributed by atoms with Crippen molar-refractivity contribution in [2.24, 2.45) is 5.73 Å². The Balaban J connectivity index is 3.02. The van der Waals surface area contributed by atoms with Gasteiger partial charge in [0.25, 0.3) is 5.91 Å². The highest BCUT2D eigenvalue weighted by Gasteiger charge is 2.15. The second kappa shape index (κ2) is 6.75. The van der Waals surface area contributed by atoms with Crippen molar-refractivity contribution in [3.05, 3.63) is 27.7 Å². The van der Waals surface area contributed by atoms with Gasteiger partial charge >= 0.3 is 0 Å². The second-order valence-corrected chi connectivity index (χ2v) is 5.07. The van der Waals surface area contributed by atoms with Crippen LogP contribution in [0, 0.1) is 6.92 Å². The summed E-state index contributed by atoms with van der Waals surface area (Å²) >= 11 is 3.46. The molecule has 0 saturated carbocycles. The summed E-state index contributed by atoms with van der Waals surface area (Å²) in [5.74, 6) is 0.261. The summed E-state index contributed by atoms with van der Waals surface area (Å²) in [6, 6.07) is 3.94. The third-order valence-corrected chi connectivity index (χ3v) is 3.03. The molecule has 0 radical (unpaired) electrons. The van der Waals surface area contributed by atoms with E-state index in [2.05, 4.69) is 21.2 Å². The normalized spacial score (nSPS) is 12.2. The molecule has 0 spiro atoms. The van der Waals surface area contributed by atoms with Crippen molar-refractivity contribution in [3.63, 3.8) is 0 Å². The smallest absolute Gasteiger partial charge is 0.258 e. The maximum atomic E-state index is 11.1. The average Bonchev–Trinajstić information content (AvgIpc) is 2.29. The van der Waals surface area contributed by atoms with Crippen LogP contribution in [0.5, 0.6) is 5.75 Å². The number of carbonyl (C=O) groups excluding carboxylic acids is 1. The highest BCUT2D eigenvalue weighted by atomic mass is 79.9. The van der Waals surface area contributed by atoms with Crippen LogP contribution in [0.4, 0.5) is 0 Å². The molecule has 0 aliphatic heterocycles. The van der Waals surface area contributed by atoms with Crippen LogP contribution in [0.25, 0.3) is 0 Å². The van der Waals surface area contributed by atoms with Gasteiger partial charge in [-0.25, -0.2) is 0 Å². The van der Waals surface area contributed by atoms with E-state index >= 15 is 0 Å². The van der Waals surface area contributed by atoms with Gasteiger partial charge in [-0.3, -0.25) is 4.79 Å². The predicted octanol–water partition coefficient (Wildman–Crippen LogP) is 2.12. The van der Waals surface area contributed by atoms with Crippen molar-refractivity contribution < 1.29 is 9.53 Å². The first-order valence-corrected chi connectivity index (χ1v) is 6.70. The molecule has 1 atom stereocenters. The Morgan fingerprint density at radius 1 is 1.56 bits per heavy atom. The zero-order chi connectivity index (χ0) is 13.7. The van der Waals surface area contributed by atoms with E-state index in [1.165, 1.54) is 0 Å². The summed E-state index contributed by atoms with van der Waals surface area (Å²) in [6.07, 6.45) is -0.634. The number of hydrogen-bond donors (Lipinski definition) is 2. The van der Waals surface area contributed by atoms with Crippen LogP contribution < -0.4 is 15.8 Å². The molecule has 100 valence electrons. The maximum Gasteiger partial charge on any atom is 0.258 e. The van der Waals surface area contributed by atoms with E-state index < -0.39 is 12.0 Å². The molecule has 1 aromatic rings. The Hall–Kier alpha value is -1.07. The van der Waals surface area contributed by atoms with E-state index in [9.17, 15) is 4.79 Å². The van der Waals surface area contributed by atoms with Gasteiger partial charge in [-0.15, -0.1) is 0 Å². The molecule has 1 unspecified atom stereocenters. The third kappa shape index (κ3) is 3.99. The molecular weight excluding hydrogens is 296 g/mol. The second-order valence-electron chi connectivity index (χ2n) is 4.15. The highest BCUT2D eigenvalue weighted by molar-refractivity contribution is 9.10. The SMILES string of the molecule is CCNCc1cc(Br)cc(C)c1OC(C)C(N)=O. The lowest BCUT2D eigenvalue weighted by Crippen LogP contribution is -2.31. The first-order valence-electron chi connectivity index (χ1n) is 5.91. The van der Waals surface area contributed by atoms with Crippen LogP contribution in [-0.4, -0.2) is 18.6 Å². The van der Waals surface area contributed by atoms with Gasteiger partial charge in [-0.05, 0) is 38.1 Å². The summed E-state index contributed by atoms with van der Waals surface area (Å²) in [7, 11) is 0. The van der Waals surface area contributed by atoms with Crippen molar-refractivity contribution in [2.75, 3.05) is 6.54 Å². The van der Waals surface area contributed by atoms with Gasteiger partial charge in [0, 0.05) is 16.6 Å². The quantitative estimate of drug-likeness (QED) is 0.845. The Labute approximate surface area is 116 Å². The molecular formula is C13H19BrN2O2. The molecule has 1 rings (SSSR count). The molecule has 0 heterocycles. The minimum absolute atomic E-state index is 0.466. The first-order chi connectivity index (χ1) is 8.45. The van der Waals surface area contributed by atoms with Gasteiger partial charge in [0.15, 0.2) is 6.10 Å². The lowest BCUT2D eigenvalue weighted by Gasteiger charge is -2.18. The summed E-state index contributed by atoms with van der Waals surface area (Å²) in [6.45, 7) is 7.20. The van der Waals surface area contributed by atoms with Crippen LogP contribution >= 0.6 is 15.9 Å². The first kappa shape index (κ1) is 15.0. The average molecular weight is 315 g/mol. The van der Waals surface area contributed by atoms with Crippen LogP contribution in [0.3, 0.4) is 0 Å². The van der Waals surface area contributed by atoms with Crippen molar-refractivity contribution in [2.45, 2.75) is 33.4 Å². The lowest BCUT2D eigenvalue weighted by molar-refractivity contribution is -0.124. The molecule has 0 aliphatic carbocycles. The van der Waals surface area contributed by atoms with Gasteiger partial charge in [0.1, 0.15) is 5.75 Å². The number of amides is 1. The number of nitrogens with one attached hydrogen (secondary N) is 1. The summed E-state index contributed by atoms with van der Waals surface area (Å²) in [5.41, 5.74) is 7.21. The van der Waals surface area contributed by atoms with Crippen molar-refractivity contribution in [1.29, 1.82) is 0 Å². The fourth-order valence-corrected chi connectivity index (χ4v) is 2.21. The number of hydrogen-bond acceptors (Lipinski definition) is 3. The van der Waals surface area contributed by atoms with Crippen LogP contribution in [0.15, 0.2) is 16.6 Å². The fraction of sp³-hybridized carbons (Fsp3) is 0.462. The van der Waals surface area contributed by atoms with Crippen molar-refractivity contribution in [3.8, 4) is 5.75 Å². The van der Waals surface area contributed by atoms with Crippen LogP contribution in [0.1, 0.15) is 25.0 Å². The molecule has 3 N–H and O–H groups in total. The molecule has 0 aliphatic rings. The van der Waals surface area contributed by atoms with Crippen molar-refractivity contribution >= 4 is 21.8 Å². The lowest BCUT2D eigenvalue weighted by atomic mass is 10.1. The van der Waals surface area contributed by atoms with E-state index in [0.717, 1.165) is 27.9 Å². The van der Waals surface area contributed by atoms with Crippen molar-refractivity contribution in [1.82, 2.24) is 5.32 Å². The predicted molar refractivity (Wildman–Crippen MR) is 75.5 cm³/mol. The number of nitrogens with two attached hydrogens (primary N) is 1. The Morgan fingerprint density at radius 2 is 2.22 bits per heavy atom. The number of halogens is 1. The molecule has 0 bridgehead atoms. The standard InChI is InChI=1S/C13H19BrN2O2/c1-4-16-7-10-6-11(14)5-8(2)12(10)18-9(3)13(15)17/h5-6,9,16H,4,7H2,1-3H3,(H2,15,17). The largest absolute Gasteiger partial charge is 0.480 e. The molecule has 1 aromatic carbocycles. The van der Waals surface area contributed by atoms with Gasteiger partial charge in [-0.1, -0.05) is 22.9 Å². The molecule has 4 nitrogen and oxygen atoms in total. The number of primary amides is 1. The summed E-state index contributed by atoms with van der Waals surface area (Å²) < 4.78 is 6.65. The van der Waals surface area contributed by atoms with Crippen LogP contribution in [-0.2, 0) is 11.3 Å². The number of ether oxygens (including phenoxy) is 1. The van der Waals surface area contributed by atoms with Gasteiger partial charge in [0.05, 0.1) is 0 Å². The van der Waals surface area contributed by atoms with Crippen LogP contribution in [0.2, 0.25) is 0 Å². The number of carbonyl (C=O) groups is 1. The molecule has 0 saturated heterocycles. The molecule has 1 amide bonds. The molecule has 0 aromatic heterocycles. The van der Waals surface area contributed by atoms with E-state index in [0.29, 0.717) is 6.54 Å². The number of benzene rings is 1. The zero-order valence-corrected chi connectivity index (χ0v) is 12.5. The summed E-state index contributed by atoms with van der Waals surface area (Å²) in [5, 5.41) is 3.24. The Morgan fingerprint density at radius 3 is 2.78 bits per heavy atom. The van der Waals surface area contributed by atoms with E-state index in [1.54, 1.807) is 6.92 Å². The van der Waals surface area contributed by atoms with Gasteiger partial charge in [-0.2, -0.15) is 0 Å². The maximum absolute atomic E-state index is 11.1. The molecule has 5 heteroatoms. The molecule has 18 heavy (non-hydrogen) atoms. The minimum atomic E-state index is -0.634. The number of aryl methyl sites for hydroxylation is 1.